The smallest absolute Gasteiger partial charge is 0.338 e. The fraction of sp³-hybridized carbons (Fsp3) is 0.250. The molecule has 1 aliphatic heterocycles. The Kier molecular flexibility index (Phi) is 4.58. The molecule has 0 aliphatic carbocycles. The second-order valence-corrected chi connectivity index (χ2v) is 6.66. The molecule has 1 atom stereocenters. The minimum Gasteiger partial charge on any atom is -0.338 e. The number of carbonyl (C=O) groups excluding carboxylic acids is 1. The number of nitrogens with one attached hydrogen (secondary N) is 1. The van der Waals surface area contributed by atoms with Crippen molar-refractivity contribution in [2.75, 3.05) is 13.1 Å². The zero-order valence-electron chi connectivity index (χ0n) is 14.6. The number of aromatic amines is 1. The molecular formula is C20H19FN4O2. The molecule has 1 N–H and O–H groups in total. The van der Waals surface area contributed by atoms with E-state index < -0.39 is 5.82 Å². The van der Waals surface area contributed by atoms with Crippen LogP contribution in [0.5, 0.6) is 0 Å². The van der Waals surface area contributed by atoms with Crippen LogP contribution < -0.4 is 5.69 Å². The molecule has 6 nitrogen and oxygen atoms in total. The zero-order chi connectivity index (χ0) is 18.8. The van der Waals surface area contributed by atoms with E-state index in [0.29, 0.717) is 24.5 Å². The van der Waals surface area contributed by atoms with Gasteiger partial charge >= 0.3 is 5.69 Å². The van der Waals surface area contributed by atoms with Crippen molar-refractivity contribution in [2.45, 2.75) is 18.8 Å². The average molecular weight is 366 g/mol. The van der Waals surface area contributed by atoms with Crippen molar-refractivity contribution >= 4 is 5.91 Å². The molecule has 0 radical (unpaired) electrons. The van der Waals surface area contributed by atoms with Crippen LogP contribution in [0.4, 0.5) is 4.39 Å². The number of hydrogen-bond donors (Lipinski definition) is 1. The fourth-order valence-electron chi connectivity index (χ4n) is 3.59. The molecule has 27 heavy (non-hydrogen) atoms. The number of H-pyrrole nitrogens is 1. The van der Waals surface area contributed by atoms with Gasteiger partial charge in [-0.3, -0.25) is 4.79 Å². The summed E-state index contributed by atoms with van der Waals surface area (Å²) in [6.07, 6.45) is 1.62. The Balaban J connectivity index is 1.61. The third kappa shape index (κ3) is 3.40. The maximum Gasteiger partial charge on any atom is 0.347 e. The number of halogens is 1. The van der Waals surface area contributed by atoms with Gasteiger partial charge in [0, 0.05) is 24.6 Å². The van der Waals surface area contributed by atoms with Crippen LogP contribution in [0.15, 0.2) is 59.4 Å². The predicted molar refractivity (Wildman–Crippen MR) is 98.5 cm³/mol. The number of hydrogen-bond acceptors (Lipinski definition) is 3. The molecule has 1 saturated heterocycles. The van der Waals surface area contributed by atoms with Crippen molar-refractivity contribution in [3.05, 3.63) is 82.3 Å². The summed E-state index contributed by atoms with van der Waals surface area (Å²) >= 11 is 0. The summed E-state index contributed by atoms with van der Waals surface area (Å²) in [6, 6.07) is 15.0. The Morgan fingerprint density at radius 3 is 2.74 bits per heavy atom. The van der Waals surface area contributed by atoms with Crippen LogP contribution in [0.25, 0.3) is 5.69 Å². The number of amides is 1. The van der Waals surface area contributed by atoms with E-state index in [-0.39, 0.29) is 17.5 Å². The molecule has 2 heterocycles. The topological polar surface area (TPSA) is 71.0 Å². The minimum absolute atomic E-state index is 0.0737. The predicted octanol–water partition coefficient (Wildman–Crippen LogP) is 2.72. The molecule has 138 valence electrons. The van der Waals surface area contributed by atoms with Crippen molar-refractivity contribution in [3.63, 3.8) is 0 Å². The molecule has 1 unspecified atom stereocenters. The number of nitrogens with zero attached hydrogens (tertiary/aromatic N) is 3. The number of piperidine rings is 1. The van der Waals surface area contributed by atoms with Crippen molar-refractivity contribution in [1.82, 2.24) is 19.7 Å². The second-order valence-electron chi connectivity index (χ2n) is 6.66. The van der Waals surface area contributed by atoms with Gasteiger partial charge in [0.05, 0.1) is 5.69 Å². The second kappa shape index (κ2) is 7.19. The molecule has 1 amide bonds. The van der Waals surface area contributed by atoms with Crippen LogP contribution in [0.1, 0.15) is 34.9 Å². The minimum atomic E-state index is -0.431. The number of carbonyl (C=O) groups is 1. The van der Waals surface area contributed by atoms with Crippen molar-refractivity contribution in [3.8, 4) is 5.69 Å². The first-order valence-corrected chi connectivity index (χ1v) is 8.91. The lowest BCUT2D eigenvalue weighted by Gasteiger charge is -2.32. The lowest BCUT2D eigenvalue weighted by molar-refractivity contribution is 0.0703. The van der Waals surface area contributed by atoms with E-state index in [0.717, 1.165) is 18.5 Å². The maximum atomic E-state index is 13.5. The van der Waals surface area contributed by atoms with Crippen LogP contribution in [-0.4, -0.2) is 38.7 Å². The Bertz CT molecular complexity index is 1010. The third-order valence-electron chi connectivity index (χ3n) is 4.86. The van der Waals surface area contributed by atoms with Crippen LogP contribution in [0.3, 0.4) is 0 Å². The maximum absolute atomic E-state index is 13.5. The third-order valence-corrected chi connectivity index (χ3v) is 4.86. The van der Waals surface area contributed by atoms with Gasteiger partial charge in [-0.1, -0.05) is 24.3 Å². The molecule has 0 spiro atoms. The molecule has 1 aromatic heterocycles. The standard InChI is InChI=1S/C20H19FN4O2/c21-16-8-4-6-14(12-16)19(26)24-11-5-7-15(13-24)18-22-23-20(27)25(18)17-9-2-1-3-10-17/h1-4,6,8-10,12,15H,5,7,11,13H2,(H,23,27). The highest BCUT2D eigenvalue weighted by atomic mass is 19.1. The number of para-hydroxylation sites is 1. The summed E-state index contributed by atoms with van der Waals surface area (Å²) in [5.41, 5.74) is 0.766. The SMILES string of the molecule is O=C(c1cccc(F)c1)N1CCCC(c2n[nH]c(=O)n2-c2ccccc2)C1. The van der Waals surface area contributed by atoms with E-state index >= 15 is 0 Å². The summed E-state index contributed by atoms with van der Waals surface area (Å²) < 4.78 is 15.0. The molecule has 4 rings (SSSR count). The summed E-state index contributed by atoms with van der Waals surface area (Å²) in [5, 5.41) is 6.74. The van der Waals surface area contributed by atoms with Gasteiger partial charge in [-0.05, 0) is 43.2 Å². The molecule has 7 heteroatoms. The Hall–Kier alpha value is -3.22. The van der Waals surface area contributed by atoms with Gasteiger partial charge in [-0.2, -0.15) is 5.10 Å². The summed E-state index contributed by atoms with van der Waals surface area (Å²) in [5.74, 6) is -0.0960. The highest BCUT2D eigenvalue weighted by Gasteiger charge is 2.29. The van der Waals surface area contributed by atoms with E-state index in [9.17, 15) is 14.0 Å². The number of rotatable bonds is 3. The molecule has 1 aliphatic rings. The van der Waals surface area contributed by atoms with Crippen LogP contribution in [-0.2, 0) is 0 Å². The summed E-state index contributed by atoms with van der Waals surface area (Å²) in [4.78, 5) is 26.7. The van der Waals surface area contributed by atoms with E-state index in [1.807, 2.05) is 30.3 Å². The molecule has 3 aromatic rings. The van der Waals surface area contributed by atoms with Gasteiger partial charge in [-0.25, -0.2) is 18.9 Å². The number of aromatic nitrogens is 3. The fourth-order valence-corrected chi connectivity index (χ4v) is 3.59. The highest BCUT2D eigenvalue weighted by Crippen LogP contribution is 2.27. The molecule has 0 bridgehead atoms. The van der Waals surface area contributed by atoms with Gasteiger partial charge in [0.1, 0.15) is 11.6 Å². The van der Waals surface area contributed by atoms with Crippen molar-refractivity contribution in [2.24, 2.45) is 0 Å². The summed E-state index contributed by atoms with van der Waals surface area (Å²) in [7, 11) is 0. The number of likely N-dealkylation sites (tertiary alicyclic amines) is 1. The number of benzene rings is 2. The Labute approximate surface area is 155 Å². The lowest BCUT2D eigenvalue weighted by Crippen LogP contribution is -2.40. The first-order valence-electron chi connectivity index (χ1n) is 8.91. The van der Waals surface area contributed by atoms with E-state index in [4.69, 9.17) is 0 Å². The first-order chi connectivity index (χ1) is 13.1. The molecule has 0 saturated carbocycles. The van der Waals surface area contributed by atoms with Gasteiger partial charge in [-0.15, -0.1) is 0 Å². The zero-order valence-corrected chi connectivity index (χ0v) is 14.6. The van der Waals surface area contributed by atoms with E-state index in [1.54, 1.807) is 15.5 Å². The summed E-state index contributed by atoms with van der Waals surface area (Å²) in [6.45, 7) is 1.04. The Morgan fingerprint density at radius 1 is 1.15 bits per heavy atom. The lowest BCUT2D eigenvalue weighted by atomic mass is 9.96. The van der Waals surface area contributed by atoms with Gasteiger partial charge < -0.3 is 4.90 Å². The van der Waals surface area contributed by atoms with Crippen LogP contribution in [0, 0.1) is 5.82 Å². The van der Waals surface area contributed by atoms with Crippen molar-refractivity contribution < 1.29 is 9.18 Å². The van der Waals surface area contributed by atoms with Crippen LogP contribution >= 0.6 is 0 Å². The Morgan fingerprint density at radius 2 is 1.96 bits per heavy atom. The van der Waals surface area contributed by atoms with Crippen LogP contribution in [0.2, 0.25) is 0 Å². The van der Waals surface area contributed by atoms with E-state index in [1.165, 1.54) is 18.2 Å². The highest BCUT2D eigenvalue weighted by molar-refractivity contribution is 5.94. The van der Waals surface area contributed by atoms with Gasteiger partial charge in [0.15, 0.2) is 0 Å². The van der Waals surface area contributed by atoms with E-state index in [2.05, 4.69) is 10.2 Å². The normalized spacial score (nSPS) is 17.1. The first kappa shape index (κ1) is 17.2. The van der Waals surface area contributed by atoms with Gasteiger partial charge in [0.25, 0.3) is 5.91 Å². The van der Waals surface area contributed by atoms with Crippen molar-refractivity contribution in [1.29, 1.82) is 0 Å². The quantitative estimate of drug-likeness (QED) is 0.775. The largest absolute Gasteiger partial charge is 0.347 e. The molecule has 2 aromatic carbocycles. The molecule has 1 fully saturated rings. The van der Waals surface area contributed by atoms with Gasteiger partial charge in [0.2, 0.25) is 0 Å². The monoisotopic (exact) mass is 366 g/mol. The average Bonchev–Trinajstić information content (AvgIpc) is 3.09. The molecular weight excluding hydrogens is 347 g/mol.